The molecule has 0 aliphatic carbocycles. The summed E-state index contributed by atoms with van der Waals surface area (Å²) in [6.45, 7) is 0.124. The normalized spacial score (nSPS) is 19.8. The molecule has 1 atom stereocenters. The Labute approximate surface area is 145 Å². The van der Waals surface area contributed by atoms with E-state index in [0.717, 1.165) is 0 Å². The van der Waals surface area contributed by atoms with E-state index in [4.69, 9.17) is 9.47 Å². The van der Waals surface area contributed by atoms with Crippen molar-refractivity contribution < 1.29 is 22.7 Å². The van der Waals surface area contributed by atoms with Crippen molar-refractivity contribution in [2.75, 3.05) is 17.4 Å². The molecule has 2 aromatic rings. The van der Waals surface area contributed by atoms with Gasteiger partial charge in [0, 0.05) is 16.7 Å². The summed E-state index contributed by atoms with van der Waals surface area (Å²) in [5.41, 5.74) is 1.04. The van der Waals surface area contributed by atoms with Crippen LogP contribution in [0, 0.1) is 0 Å². The fraction of sp³-hybridized carbons (Fsp3) is 0.167. The summed E-state index contributed by atoms with van der Waals surface area (Å²) in [6.07, 6.45) is 1.55. The average Bonchev–Trinajstić information content (AvgIpc) is 3.21. The number of carbonyl (C=O) groups excluding carboxylic acids is 1. The maximum Gasteiger partial charge on any atom is 0.258 e. The molecule has 6 nitrogen and oxygen atoms in total. The minimum absolute atomic E-state index is 0.124. The highest BCUT2D eigenvalue weighted by Gasteiger charge is 2.32. The standard InChI is InChI=1S/C18H15NO5S/c20-18(13-6-7-16-17(10-13)24-12-23-16)19(14-4-2-1-3-5-14)15-8-9-25(21,22)11-15/h1-10,15H,11-12H2/t15-/m1/s1. The SMILES string of the molecule is O=C(c1ccc2c(c1)OCO2)N(c1ccccc1)[C@@H]1C=CS(=O)(=O)C1. The van der Waals surface area contributed by atoms with Crippen LogP contribution in [0.15, 0.2) is 60.0 Å². The fourth-order valence-corrected chi connectivity index (χ4v) is 4.20. The lowest BCUT2D eigenvalue weighted by Crippen LogP contribution is -2.41. The van der Waals surface area contributed by atoms with Gasteiger partial charge in [-0.25, -0.2) is 8.42 Å². The van der Waals surface area contributed by atoms with Gasteiger partial charge < -0.3 is 14.4 Å². The molecule has 4 rings (SSSR count). The second kappa shape index (κ2) is 5.93. The largest absolute Gasteiger partial charge is 0.454 e. The Morgan fingerprint density at radius 1 is 1.04 bits per heavy atom. The fourth-order valence-electron chi connectivity index (χ4n) is 2.94. The van der Waals surface area contributed by atoms with Crippen LogP contribution in [0.5, 0.6) is 11.5 Å². The van der Waals surface area contributed by atoms with E-state index >= 15 is 0 Å². The highest BCUT2D eigenvalue weighted by Crippen LogP contribution is 2.34. The number of amides is 1. The van der Waals surface area contributed by atoms with E-state index in [1.165, 1.54) is 10.3 Å². The number of benzene rings is 2. The monoisotopic (exact) mass is 357 g/mol. The van der Waals surface area contributed by atoms with Crippen molar-refractivity contribution in [2.45, 2.75) is 6.04 Å². The Morgan fingerprint density at radius 3 is 2.52 bits per heavy atom. The zero-order valence-corrected chi connectivity index (χ0v) is 14.0. The van der Waals surface area contributed by atoms with Crippen LogP contribution in [0.1, 0.15) is 10.4 Å². The van der Waals surface area contributed by atoms with Crippen molar-refractivity contribution >= 4 is 21.4 Å². The molecule has 0 radical (unpaired) electrons. The van der Waals surface area contributed by atoms with Crippen molar-refractivity contribution in [1.29, 1.82) is 0 Å². The molecule has 0 N–H and O–H groups in total. The lowest BCUT2D eigenvalue weighted by molar-refractivity contribution is 0.0982. The molecule has 2 aliphatic heterocycles. The number of ether oxygens (including phenoxy) is 2. The Balaban J connectivity index is 1.73. The second-order valence-electron chi connectivity index (χ2n) is 5.80. The molecule has 0 aromatic heterocycles. The van der Waals surface area contributed by atoms with Gasteiger partial charge in [0.1, 0.15) is 0 Å². The highest BCUT2D eigenvalue weighted by atomic mass is 32.2. The van der Waals surface area contributed by atoms with Crippen molar-refractivity contribution in [1.82, 2.24) is 0 Å². The second-order valence-corrected chi connectivity index (χ2v) is 7.74. The predicted molar refractivity (Wildman–Crippen MR) is 92.5 cm³/mol. The summed E-state index contributed by atoms with van der Waals surface area (Å²) in [7, 11) is -3.29. The van der Waals surface area contributed by atoms with Gasteiger partial charge in [-0.1, -0.05) is 18.2 Å². The molecule has 0 saturated carbocycles. The lowest BCUT2D eigenvalue weighted by Gasteiger charge is -2.27. The van der Waals surface area contributed by atoms with E-state index < -0.39 is 15.9 Å². The van der Waals surface area contributed by atoms with Gasteiger partial charge in [0.15, 0.2) is 21.3 Å². The number of carbonyl (C=O) groups is 1. The minimum Gasteiger partial charge on any atom is -0.454 e. The summed E-state index contributed by atoms with van der Waals surface area (Å²) in [4.78, 5) is 14.6. The molecule has 2 aromatic carbocycles. The maximum absolute atomic E-state index is 13.1. The van der Waals surface area contributed by atoms with Crippen molar-refractivity contribution in [3.63, 3.8) is 0 Å². The number of hydrogen-bond acceptors (Lipinski definition) is 5. The molecule has 0 unspecified atom stereocenters. The number of sulfone groups is 1. The maximum atomic E-state index is 13.1. The molecule has 128 valence electrons. The Kier molecular flexibility index (Phi) is 3.73. The van der Waals surface area contributed by atoms with Crippen LogP contribution >= 0.6 is 0 Å². The van der Waals surface area contributed by atoms with Gasteiger partial charge in [-0.2, -0.15) is 0 Å². The first-order valence-electron chi connectivity index (χ1n) is 7.73. The van der Waals surface area contributed by atoms with Crippen LogP contribution < -0.4 is 14.4 Å². The quantitative estimate of drug-likeness (QED) is 0.843. The summed E-state index contributed by atoms with van der Waals surface area (Å²) in [5, 5.41) is 1.17. The van der Waals surface area contributed by atoms with Gasteiger partial charge >= 0.3 is 0 Å². The van der Waals surface area contributed by atoms with E-state index in [1.54, 1.807) is 36.4 Å². The third-order valence-corrected chi connectivity index (χ3v) is 5.49. The van der Waals surface area contributed by atoms with Crippen LogP contribution in [-0.4, -0.2) is 32.9 Å². The van der Waals surface area contributed by atoms with Crippen LogP contribution in [0.3, 0.4) is 0 Å². The lowest BCUT2D eigenvalue weighted by atomic mass is 10.1. The van der Waals surface area contributed by atoms with E-state index in [2.05, 4.69) is 0 Å². The Hall–Kier alpha value is -2.80. The summed E-state index contributed by atoms with van der Waals surface area (Å²) in [5.74, 6) is 0.675. The molecule has 0 fully saturated rings. The number of nitrogens with zero attached hydrogens (tertiary/aromatic N) is 1. The zero-order valence-electron chi connectivity index (χ0n) is 13.2. The van der Waals surface area contributed by atoms with Gasteiger partial charge in [-0.3, -0.25) is 4.79 Å². The van der Waals surface area contributed by atoms with Crippen molar-refractivity contribution in [3.8, 4) is 11.5 Å². The molecule has 0 saturated heterocycles. The van der Waals surface area contributed by atoms with Crippen molar-refractivity contribution in [2.24, 2.45) is 0 Å². The molecule has 25 heavy (non-hydrogen) atoms. The van der Waals surface area contributed by atoms with E-state index in [-0.39, 0.29) is 18.5 Å². The summed E-state index contributed by atoms with van der Waals surface area (Å²) in [6, 6.07) is 13.4. The van der Waals surface area contributed by atoms with Crippen LogP contribution in [0.4, 0.5) is 5.69 Å². The van der Waals surface area contributed by atoms with Gasteiger partial charge in [0.25, 0.3) is 5.91 Å². The first-order valence-corrected chi connectivity index (χ1v) is 9.44. The van der Waals surface area contributed by atoms with Gasteiger partial charge in [-0.15, -0.1) is 0 Å². The van der Waals surface area contributed by atoms with Gasteiger partial charge in [-0.05, 0) is 36.4 Å². The Morgan fingerprint density at radius 2 is 1.80 bits per heavy atom. The summed E-state index contributed by atoms with van der Waals surface area (Å²) >= 11 is 0. The van der Waals surface area contributed by atoms with Gasteiger partial charge in [0.05, 0.1) is 11.8 Å². The molecule has 1 amide bonds. The average molecular weight is 357 g/mol. The number of rotatable bonds is 3. The highest BCUT2D eigenvalue weighted by molar-refractivity contribution is 7.94. The topological polar surface area (TPSA) is 72.9 Å². The van der Waals surface area contributed by atoms with E-state index in [0.29, 0.717) is 22.7 Å². The van der Waals surface area contributed by atoms with Crippen LogP contribution in [0.2, 0.25) is 0 Å². The van der Waals surface area contributed by atoms with Gasteiger partial charge in [0.2, 0.25) is 6.79 Å². The van der Waals surface area contributed by atoms with Crippen molar-refractivity contribution in [3.05, 3.63) is 65.6 Å². The number of hydrogen-bond donors (Lipinski definition) is 0. The third-order valence-electron chi connectivity index (χ3n) is 4.12. The molecule has 2 heterocycles. The Bertz CT molecular complexity index is 953. The molecule has 0 spiro atoms. The number of anilines is 1. The summed E-state index contributed by atoms with van der Waals surface area (Å²) < 4.78 is 34.3. The molecule has 7 heteroatoms. The van der Waals surface area contributed by atoms with Crippen LogP contribution in [0.25, 0.3) is 0 Å². The van der Waals surface area contributed by atoms with E-state index in [9.17, 15) is 13.2 Å². The first-order chi connectivity index (χ1) is 12.0. The third kappa shape index (κ3) is 2.98. The molecular weight excluding hydrogens is 342 g/mol. The van der Waals surface area contributed by atoms with E-state index in [1.807, 2.05) is 18.2 Å². The zero-order chi connectivity index (χ0) is 17.4. The first kappa shape index (κ1) is 15.7. The number of para-hydroxylation sites is 1. The number of fused-ring (bicyclic) bond motifs is 1. The van der Waals surface area contributed by atoms with Crippen LogP contribution in [-0.2, 0) is 9.84 Å². The predicted octanol–water partition coefficient (Wildman–Crippen LogP) is 2.37. The molecule has 0 bridgehead atoms. The minimum atomic E-state index is -3.29. The molecule has 2 aliphatic rings. The smallest absolute Gasteiger partial charge is 0.258 e. The molecular formula is C18H15NO5S.